The number of hydrogen-bond donors (Lipinski definition) is 2. The van der Waals surface area contributed by atoms with Crippen LogP contribution in [0.3, 0.4) is 0 Å². The summed E-state index contributed by atoms with van der Waals surface area (Å²) in [5, 5.41) is 5.99. The normalized spacial score (nSPS) is 16.5. The molecule has 0 aliphatic carbocycles. The number of ether oxygens (including phenoxy) is 1. The standard InChI is InChI=1S/C19H29N3O3/c1-13-7-6-8-14(2)17(13)25-12-15(3)21-18(24)19(4,5)22-10-9-20-11-16(22)23/h6-8,15,20H,9-12H2,1-5H3,(H,21,24). The Morgan fingerprint density at radius 3 is 2.60 bits per heavy atom. The lowest BCUT2D eigenvalue weighted by atomic mass is 9.99. The van der Waals surface area contributed by atoms with Gasteiger partial charge in [0.2, 0.25) is 11.8 Å². The molecular weight excluding hydrogens is 318 g/mol. The molecule has 2 amide bonds. The second-order valence-electron chi connectivity index (χ2n) is 7.19. The van der Waals surface area contributed by atoms with Crippen molar-refractivity contribution in [2.75, 3.05) is 26.2 Å². The van der Waals surface area contributed by atoms with Gasteiger partial charge in [-0.3, -0.25) is 9.59 Å². The molecule has 6 nitrogen and oxygen atoms in total. The summed E-state index contributed by atoms with van der Waals surface area (Å²) in [6.45, 7) is 11.4. The van der Waals surface area contributed by atoms with Crippen LogP contribution in [-0.4, -0.2) is 54.5 Å². The zero-order valence-corrected chi connectivity index (χ0v) is 15.8. The summed E-state index contributed by atoms with van der Waals surface area (Å²) in [5.41, 5.74) is 1.27. The van der Waals surface area contributed by atoms with E-state index in [1.54, 1.807) is 18.7 Å². The highest BCUT2D eigenvalue weighted by molar-refractivity contribution is 5.91. The van der Waals surface area contributed by atoms with Crippen LogP contribution in [0.1, 0.15) is 31.9 Å². The van der Waals surface area contributed by atoms with Crippen LogP contribution in [0, 0.1) is 13.8 Å². The first kappa shape index (κ1) is 19.2. The lowest BCUT2D eigenvalue weighted by Crippen LogP contribution is -2.63. The number of para-hydroxylation sites is 1. The van der Waals surface area contributed by atoms with Gasteiger partial charge in [0.25, 0.3) is 0 Å². The van der Waals surface area contributed by atoms with Crippen LogP contribution in [0.4, 0.5) is 0 Å². The number of hydrogen-bond acceptors (Lipinski definition) is 4. The molecule has 6 heteroatoms. The molecule has 1 aromatic carbocycles. The fraction of sp³-hybridized carbons (Fsp3) is 0.579. The molecule has 0 spiro atoms. The van der Waals surface area contributed by atoms with Gasteiger partial charge in [-0.1, -0.05) is 18.2 Å². The van der Waals surface area contributed by atoms with Gasteiger partial charge in [0.1, 0.15) is 17.9 Å². The van der Waals surface area contributed by atoms with E-state index < -0.39 is 5.54 Å². The minimum absolute atomic E-state index is 0.0501. The van der Waals surface area contributed by atoms with Gasteiger partial charge >= 0.3 is 0 Å². The number of benzene rings is 1. The third-order valence-electron chi connectivity index (χ3n) is 4.58. The third-order valence-corrected chi connectivity index (χ3v) is 4.58. The van der Waals surface area contributed by atoms with E-state index >= 15 is 0 Å². The second-order valence-corrected chi connectivity index (χ2v) is 7.19. The summed E-state index contributed by atoms with van der Waals surface area (Å²) in [5.74, 6) is 0.645. The van der Waals surface area contributed by atoms with Crippen molar-refractivity contribution in [1.82, 2.24) is 15.5 Å². The number of aryl methyl sites for hydroxylation is 2. The quantitative estimate of drug-likeness (QED) is 0.816. The van der Waals surface area contributed by atoms with Crippen LogP contribution in [0.15, 0.2) is 18.2 Å². The fourth-order valence-electron chi connectivity index (χ4n) is 3.00. The maximum atomic E-state index is 12.7. The summed E-state index contributed by atoms with van der Waals surface area (Å²) in [6.07, 6.45) is 0. The number of nitrogens with one attached hydrogen (secondary N) is 2. The lowest BCUT2D eigenvalue weighted by molar-refractivity contribution is -0.147. The van der Waals surface area contributed by atoms with E-state index in [2.05, 4.69) is 10.6 Å². The van der Waals surface area contributed by atoms with Crippen molar-refractivity contribution in [3.8, 4) is 5.75 Å². The van der Waals surface area contributed by atoms with Crippen molar-refractivity contribution in [2.24, 2.45) is 0 Å². The van der Waals surface area contributed by atoms with Crippen LogP contribution in [-0.2, 0) is 9.59 Å². The van der Waals surface area contributed by atoms with Gasteiger partial charge < -0.3 is 20.3 Å². The zero-order valence-electron chi connectivity index (χ0n) is 15.8. The molecule has 1 unspecified atom stereocenters. The Balaban J connectivity index is 1.94. The van der Waals surface area contributed by atoms with E-state index in [9.17, 15) is 9.59 Å². The Morgan fingerprint density at radius 1 is 1.36 bits per heavy atom. The van der Waals surface area contributed by atoms with Crippen LogP contribution in [0.25, 0.3) is 0 Å². The molecule has 0 bridgehead atoms. The third kappa shape index (κ3) is 4.51. The van der Waals surface area contributed by atoms with Crippen LogP contribution in [0.2, 0.25) is 0 Å². The number of nitrogens with zero attached hydrogens (tertiary/aromatic N) is 1. The Hall–Kier alpha value is -2.08. The minimum Gasteiger partial charge on any atom is -0.491 e. The number of rotatable bonds is 6. The van der Waals surface area contributed by atoms with Crippen molar-refractivity contribution in [1.29, 1.82) is 0 Å². The second kappa shape index (κ2) is 7.87. The Bertz CT molecular complexity index is 623. The van der Waals surface area contributed by atoms with Gasteiger partial charge in [0.05, 0.1) is 12.6 Å². The molecule has 1 atom stereocenters. The van der Waals surface area contributed by atoms with Crippen molar-refractivity contribution in [2.45, 2.75) is 46.2 Å². The van der Waals surface area contributed by atoms with Gasteiger partial charge in [0.15, 0.2) is 0 Å². The maximum Gasteiger partial charge on any atom is 0.245 e. The minimum atomic E-state index is -0.883. The molecule has 25 heavy (non-hydrogen) atoms. The summed E-state index contributed by atoms with van der Waals surface area (Å²) in [4.78, 5) is 26.4. The number of carbonyl (C=O) groups excluding carboxylic acids is 2. The predicted octanol–water partition coefficient (Wildman–Crippen LogP) is 1.40. The van der Waals surface area contributed by atoms with E-state index in [4.69, 9.17) is 4.74 Å². The zero-order chi connectivity index (χ0) is 18.6. The van der Waals surface area contributed by atoms with E-state index in [0.717, 1.165) is 16.9 Å². The monoisotopic (exact) mass is 347 g/mol. The molecule has 1 heterocycles. The molecular formula is C19H29N3O3. The number of piperazine rings is 1. The van der Waals surface area contributed by atoms with E-state index in [-0.39, 0.29) is 24.4 Å². The molecule has 1 aromatic rings. The van der Waals surface area contributed by atoms with Crippen molar-refractivity contribution < 1.29 is 14.3 Å². The lowest BCUT2D eigenvalue weighted by Gasteiger charge is -2.40. The first-order chi connectivity index (χ1) is 11.7. The topological polar surface area (TPSA) is 70.7 Å². The maximum absolute atomic E-state index is 12.7. The Morgan fingerprint density at radius 2 is 2.00 bits per heavy atom. The number of amides is 2. The summed E-state index contributed by atoms with van der Waals surface area (Å²) < 4.78 is 5.90. The summed E-state index contributed by atoms with van der Waals surface area (Å²) >= 11 is 0. The highest BCUT2D eigenvalue weighted by Gasteiger charge is 2.39. The molecule has 0 saturated carbocycles. The van der Waals surface area contributed by atoms with Gasteiger partial charge in [-0.25, -0.2) is 0 Å². The molecule has 1 aliphatic rings. The van der Waals surface area contributed by atoms with Gasteiger partial charge in [0, 0.05) is 13.1 Å². The van der Waals surface area contributed by atoms with E-state index in [0.29, 0.717) is 19.7 Å². The first-order valence-electron chi connectivity index (χ1n) is 8.74. The van der Waals surface area contributed by atoms with Crippen LogP contribution < -0.4 is 15.4 Å². The van der Waals surface area contributed by atoms with E-state index in [1.165, 1.54) is 0 Å². The molecule has 0 radical (unpaired) electrons. The SMILES string of the molecule is Cc1cccc(C)c1OCC(C)NC(=O)C(C)(C)N1CCNCC1=O. The van der Waals surface area contributed by atoms with Crippen LogP contribution in [0.5, 0.6) is 5.75 Å². The molecule has 1 aliphatic heterocycles. The smallest absolute Gasteiger partial charge is 0.245 e. The van der Waals surface area contributed by atoms with Crippen molar-refractivity contribution in [3.05, 3.63) is 29.3 Å². The van der Waals surface area contributed by atoms with Gasteiger partial charge in [-0.2, -0.15) is 0 Å². The Kier molecular flexibility index (Phi) is 6.06. The van der Waals surface area contributed by atoms with Crippen molar-refractivity contribution in [3.63, 3.8) is 0 Å². The Labute approximate surface area is 149 Å². The predicted molar refractivity (Wildman–Crippen MR) is 97.7 cm³/mol. The molecule has 1 saturated heterocycles. The molecule has 0 aromatic heterocycles. The number of carbonyl (C=O) groups is 2. The summed E-state index contributed by atoms with van der Waals surface area (Å²) in [6, 6.07) is 5.84. The van der Waals surface area contributed by atoms with Gasteiger partial charge in [-0.05, 0) is 45.7 Å². The van der Waals surface area contributed by atoms with Crippen LogP contribution >= 0.6 is 0 Å². The molecule has 2 rings (SSSR count). The first-order valence-corrected chi connectivity index (χ1v) is 8.74. The highest BCUT2D eigenvalue weighted by atomic mass is 16.5. The van der Waals surface area contributed by atoms with E-state index in [1.807, 2.05) is 39.0 Å². The van der Waals surface area contributed by atoms with Gasteiger partial charge in [-0.15, -0.1) is 0 Å². The molecule has 138 valence electrons. The molecule has 1 fully saturated rings. The average Bonchev–Trinajstić information content (AvgIpc) is 2.54. The average molecular weight is 347 g/mol. The highest BCUT2D eigenvalue weighted by Crippen LogP contribution is 2.22. The van der Waals surface area contributed by atoms with Crippen molar-refractivity contribution >= 4 is 11.8 Å². The molecule has 2 N–H and O–H groups in total. The fourth-order valence-corrected chi connectivity index (χ4v) is 3.00. The summed E-state index contributed by atoms with van der Waals surface area (Å²) in [7, 11) is 0. The largest absolute Gasteiger partial charge is 0.491 e.